The van der Waals surface area contributed by atoms with E-state index in [1.807, 2.05) is 0 Å². The third kappa shape index (κ3) is 14.4. The van der Waals surface area contributed by atoms with Crippen molar-refractivity contribution in [3.63, 3.8) is 0 Å². The van der Waals surface area contributed by atoms with Gasteiger partial charge in [-0.2, -0.15) is 0 Å². The smallest absolute Gasteiger partial charge is 0.303 e. The first-order valence-electron chi connectivity index (χ1n) is 9.36. The second kappa shape index (κ2) is 16.8. The van der Waals surface area contributed by atoms with E-state index in [0.29, 0.717) is 58.7 Å². The number of carbonyl (C=O) groups is 2. The van der Waals surface area contributed by atoms with Crippen molar-refractivity contribution in [2.75, 3.05) is 59.3 Å². The molecule has 0 radical (unpaired) electrons. The van der Waals surface area contributed by atoms with Gasteiger partial charge in [-0.25, -0.2) is 0 Å². The molecule has 0 aliphatic heterocycles. The van der Waals surface area contributed by atoms with Crippen LogP contribution in [0.25, 0.3) is 0 Å². The van der Waals surface area contributed by atoms with E-state index in [1.165, 1.54) is 0 Å². The first-order chi connectivity index (χ1) is 13.0. The first-order valence-corrected chi connectivity index (χ1v) is 9.36. The SMILES string of the molecule is NCCCOCC(COCCCN)(COCCCN)NC(=O)CCC(=O)O. The maximum atomic E-state index is 12.2. The number of hydrogen-bond acceptors (Lipinski definition) is 8. The Morgan fingerprint density at radius 2 is 1.19 bits per heavy atom. The molecule has 0 saturated heterocycles. The zero-order chi connectivity index (χ0) is 20.4. The number of amides is 1. The summed E-state index contributed by atoms with van der Waals surface area (Å²) in [6.07, 6.45) is 1.67. The Bertz CT molecular complexity index is 366. The summed E-state index contributed by atoms with van der Waals surface area (Å²) in [4.78, 5) is 22.9. The molecular formula is C17H36N4O6. The van der Waals surface area contributed by atoms with Gasteiger partial charge in [0.05, 0.1) is 26.2 Å². The van der Waals surface area contributed by atoms with Gasteiger partial charge < -0.3 is 41.8 Å². The van der Waals surface area contributed by atoms with Crippen LogP contribution >= 0.6 is 0 Å². The normalized spacial score (nSPS) is 11.5. The van der Waals surface area contributed by atoms with Crippen LogP contribution in [0.1, 0.15) is 32.1 Å². The molecule has 0 saturated carbocycles. The summed E-state index contributed by atoms with van der Waals surface area (Å²) in [5.74, 6) is -1.43. The van der Waals surface area contributed by atoms with E-state index < -0.39 is 17.4 Å². The summed E-state index contributed by atoms with van der Waals surface area (Å²) in [5.41, 5.74) is 15.5. The minimum atomic E-state index is -1.03. The van der Waals surface area contributed by atoms with Gasteiger partial charge in [0, 0.05) is 26.2 Å². The standard InChI is InChI=1S/C17H36N4O6/c18-6-1-9-25-12-17(13-26-10-2-7-19,14-27-11-3-8-20)21-15(22)4-5-16(23)24/h1-14,18-20H2,(H,21,22)(H,23,24). The molecule has 160 valence electrons. The van der Waals surface area contributed by atoms with E-state index in [0.717, 1.165) is 0 Å². The minimum Gasteiger partial charge on any atom is -0.481 e. The fourth-order valence-corrected chi connectivity index (χ4v) is 2.17. The Morgan fingerprint density at radius 1 is 0.778 bits per heavy atom. The van der Waals surface area contributed by atoms with Crippen LogP contribution in [0.2, 0.25) is 0 Å². The molecule has 0 heterocycles. The number of nitrogens with one attached hydrogen (secondary N) is 1. The van der Waals surface area contributed by atoms with Crippen molar-refractivity contribution in [3.05, 3.63) is 0 Å². The van der Waals surface area contributed by atoms with E-state index >= 15 is 0 Å². The second-order valence-corrected chi connectivity index (χ2v) is 6.31. The molecule has 0 atom stereocenters. The predicted octanol–water partition coefficient (Wildman–Crippen LogP) is -1.20. The number of ether oxygens (including phenoxy) is 3. The second-order valence-electron chi connectivity index (χ2n) is 6.31. The molecule has 0 bridgehead atoms. The molecule has 10 heteroatoms. The number of carbonyl (C=O) groups excluding carboxylic acids is 1. The maximum Gasteiger partial charge on any atom is 0.303 e. The summed E-state index contributed by atoms with van der Waals surface area (Å²) in [6, 6.07) is 0. The Labute approximate surface area is 161 Å². The number of aliphatic carboxylic acids is 1. The number of carboxylic acids is 1. The van der Waals surface area contributed by atoms with Gasteiger partial charge in [0.1, 0.15) is 5.54 Å². The van der Waals surface area contributed by atoms with Crippen molar-refractivity contribution in [3.8, 4) is 0 Å². The van der Waals surface area contributed by atoms with Crippen LogP contribution in [0.3, 0.4) is 0 Å². The van der Waals surface area contributed by atoms with E-state index in [-0.39, 0.29) is 32.7 Å². The summed E-state index contributed by atoms with van der Waals surface area (Å²) in [7, 11) is 0. The van der Waals surface area contributed by atoms with Crippen molar-refractivity contribution < 1.29 is 28.9 Å². The van der Waals surface area contributed by atoms with Crippen LogP contribution in [-0.4, -0.2) is 81.8 Å². The molecule has 0 aliphatic rings. The van der Waals surface area contributed by atoms with Crippen molar-refractivity contribution in [1.29, 1.82) is 0 Å². The van der Waals surface area contributed by atoms with Crippen LogP contribution in [0, 0.1) is 0 Å². The molecule has 10 nitrogen and oxygen atoms in total. The highest BCUT2D eigenvalue weighted by Gasteiger charge is 2.33. The summed E-state index contributed by atoms with van der Waals surface area (Å²) < 4.78 is 17.0. The molecule has 0 aromatic rings. The van der Waals surface area contributed by atoms with Gasteiger partial charge in [0.15, 0.2) is 0 Å². The molecule has 0 aromatic carbocycles. The van der Waals surface area contributed by atoms with Crippen molar-refractivity contribution in [2.45, 2.75) is 37.6 Å². The number of nitrogens with two attached hydrogens (primary N) is 3. The molecule has 27 heavy (non-hydrogen) atoms. The van der Waals surface area contributed by atoms with E-state index in [1.54, 1.807) is 0 Å². The highest BCUT2D eigenvalue weighted by Crippen LogP contribution is 2.11. The van der Waals surface area contributed by atoms with Crippen LogP contribution in [0.5, 0.6) is 0 Å². The van der Waals surface area contributed by atoms with Gasteiger partial charge in [-0.15, -0.1) is 0 Å². The quantitative estimate of drug-likeness (QED) is 0.169. The average Bonchev–Trinajstić information content (AvgIpc) is 2.64. The Kier molecular flexibility index (Phi) is 16.0. The third-order valence-corrected chi connectivity index (χ3v) is 3.58. The van der Waals surface area contributed by atoms with Crippen LogP contribution in [0.4, 0.5) is 0 Å². The number of carboxylic acid groups (broad SMARTS) is 1. The predicted molar refractivity (Wildman–Crippen MR) is 101 cm³/mol. The van der Waals surface area contributed by atoms with Gasteiger partial charge in [-0.3, -0.25) is 9.59 Å². The van der Waals surface area contributed by atoms with Crippen molar-refractivity contribution in [2.24, 2.45) is 17.2 Å². The van der Waals surface area contributed by atoms with Crippen molar-refractivity contribution >= 4 is 11.9 Å². The van der Waals surface area contributed by atoms with Crippen LogP contribution in [-0.2, 0) is 23.8 Å². The van der Waals surface area contributed by atoms with Gasteiger partial charge in [-0.1, -0.05) is 0 Å². The number of hydrogen-bond donors (Lipinski definition) is 5. The summed E-state index contributed by atoms with van der Waals surface area (Å²) in [5, 5.41) is 11.6. The minimum absolute atomic E-state index is 0.133. The molecule has 0 rings (SSSR count). The van der Waals surface area contributed by atoms with Gasteiger partial charge >= 0.3 is 5.97 Å². The number of rotatable bonds is 19. The lowest BCUT2D eigenvalue weighted by Gasteiger charge is -2.34. The van der Waals surface area contributed by atoms with Crippen LogP contribution < -0.4 is 22.5 Å². The van der Waals surface area contributed by atoms with Gasteiger partial charge in [0.25, 0.3) is 0 Å². The fraction of sp³-hybridized carbons (Fsp3) is 0.882. The van der Waals surface area contributed by atoms with E-state index in [2.05, 4.69) is 5.32 Å². The van der Waals surface area contributed by atoms with Crippen molar-refractivity contribution in [1.82, 2.24) is 5.32 Å². The average molecular weight is 392 g/mol. The molecule has 0 unspecified atom stereocenters. The first kappa shape index (κ1) is 25.7. The Hall–Kier alpha value is -1.30. The lowest BCUT2D eigenvalue weighted by molar-refractivity contribution is -0.139. The topological polar surface area (TPSA) is 172 Å². The Morgan fingerprint density at radius 3 is 1.52 bits per heavy atom. The highest BCUT2D eigenvalue weighted by molar-refractivity contribution is 5.81. The molecule has 0 spiro atoms. The van der Waals surface area contributed by atoms with E-state index in [4.69, 9.17) is 36.5 Å². The van der Waals surface area contributed by atoms with Gasteiger partial charge in [0.2, 0.25) is 5.91 Å². The third-order valence-electron chi connectivity index (χ3n) is 3.58. The lowest BCUT2D eigenvalue weighted by atomic mass is 10.0. The highest BCUT2D eigenvalue weighted by atomic mass is 16.5. The summed E-state index contributed by atoms with van der Waals surface area (Å²) >= 11 is 0. The zero-order valence-electron chi connectivity index (χ0n) is 16.1. The molecule has 8 N–H and O–H groups in total. The van der Waals surface area contributed by atoms with Crippen LogP contribution in [0.15, 0.2) is 0 Å². The molecule has 0 aromatic heterocycles. The molecule has 1 amide bonds. The maximum absolute atomic E-state index is 12.2. The summed E-state index contributed by atoms with van der Waals surface area (Å²) in [6.45, 7) is 3.30. The monoisotopic (exact) mass is 392 g/mol. The zero-order valence-corrected chi connectivity index (χ0v) is 16.1. The van der Waals surface area contributed by atoms with Gasteiger partial charge in [-0.05, 0) is 38.9 Å². The Balaban J connectivity index is 4.95. The molecule has 0 fully saturated rings. The lowest BCUT2D eigenvalue weighted by Crippen LogP contribution is -2.58. The largest absolute Gasteiger partial charge is 0.481 e. The molecule has 0 aliphatic carbocycles. The molecular weight excluding hydrogens is 356 g/mol. The fourth-order valence-electron chi connectivity index (χ4n) is 2.17. The van der Waals surface area contributed by atoms with E-state index in [9.17, 15) is 9.59 Å².